The van der Waals surface area contributed by atoms with Crippen LogP contribution in [0.25, 0.3) is 0 Å². The maximum atomic E-state index is 15.0. The van der Waals surface area contributed by atoms with Gasteiger partial charge in [-0.1, -0.05) is 121 Å². The van der Waals surface area contributed by atoms with Gasteiger partial charge >= 0.3 is 0 Å². The first-order chi connectivity index (χ1) is 15.1. The van der Waals surface area contributed by atoms with Crippen LogP contribution in [0.1, 0.15) is 22.5 Å². The molecular weight excluding hydrogens is 401 g/mol. The van der Waals surface area contributed by atoms with E-state index in [1.165, 1.54) is 5.06 Å². The van der Waals surface area contributed by atoms with E-state index in [1.54, 1.807) is 0 Å². The molecule has 0 aromatic heterocycles. The van der Waals surface area contributed by atoms with E-state index in [9.17, 15) is 5.21 Å². The van der Waals surface area contributed by atoms with Crippen LogP contribution in [0.5, 0.6) is 0 Å². The zero-order valence-electron chi connectivity index (χ0n) is 17.5. The molecule has 0 bridgehead atoms. The summed E-state index contributed by atoms with van der Waals surface area (Å²) in [4.78, 5) is 0. The molecule has 4 aromatic carbocycles. The molecule has 3 nitrogen and oxygen atoms in total. The molecule has 1 N–H and O–H groups in total. The monoisotopic (exact) mass is 427 g/mol. The molecule has 0 saturated carbocycles. The Labute approximate surface area is 183 Å². The van der Waals surface area contributed by atoms with E-state index >= 15 is 4.57 Å². The van der Waals surface area contributed by atoms with Crippen LogP contribution < -0.4 is 10.6 Å². The van der Waals surface area contributed by atoms with Gasteiger partial charge in [-0.2, -0.15) is 5.06 Å². The maximum Gasteiger partial charge on any atom is 0.166 e. The van der Waals surface area contributed by atoms with Gasteiger partial charge in [-0.05, 0) is 18.1 Å². The third kappa shape index (κ3) is 4.55. The second-order valence-electron chi connectivity index (χ2n) is 7.70. The summed E-state index contributed by atoms with van der Waals surface area (Å²) in [6.45, 7) is 2.29. The number of benzene rings is 4. The topological polar surface area (TPSA) is 40.5 Å². The van der Waals surface area contributed by atoms with Crippen molar-refractivity contribution in [3.05, 3.63) is 132 Å². The van der Waals surface area contributed by atoms with Crippen molar-refractivity contribution < 1.29 is 9.77 Å². The number of hydrogen-bond donors (Lipinski definition) is 1. The normalized spacial score (nSPS) is 12.6. The Balaban J connectivity index is 1.90. The summed E-state index contributed by atoms with van der Waals surface area (Å²) in [6.07, 6.45) is 0. The zero-order valence-corrected chi connectivity index (χ0v) is 18.4. The number of hydrogen-bond acceptors (Lipinski definition) is 3. The molecule has 0 spiro atoms. The van der Waals surface area contributed by atoms with Crippen molar-refractivity contribution in [3.63, 3.8) is 0 Å². The molecule has 1 atom stereocenters. The Morgan fingerprint density at radius 1 is 0.710 bits per heavy atom. The molecule has 0 aliphatic rings. The van der Waals surface area contributed by atoms with Crippen molar-refractivity contribution in [2.24, 2.45) is 0 Å². The molecule has 156 valence electrons. The Hall–Kier alpha value is -2.97. The number of aryl methyl sites for hydroxylation is 1. The number of rotatable bonds is 7. The fraction of sp³-hybridized carbons (Fsp3) is 0.111. The van der Waals surface area contributed by atoms with Crippen LogP contribution in [0.15, 0.2) is 115 Å². The first kappa shape index (κ1) is 21.3. The number of nitrogens with zero attached hydrogens (tertiary/aromatic N) is 1. The fourth-order valence-electron chi connectivity index (χ4n) is 3.90. The molecule has 0 fully saturated rings. The molecule has 0 aliphatic carbocycles. The van der Waals surface area contributed by atoms with Crippen LogP contribution in [-0.4, -0.2) is 10.3 Å². The third-order valence-electron chi connectivity index (χ3n) is 5.47. The lowest BCUT2D eigenvalue weighted by Crippen LogP contribution is -2.32. The predicted molar refractivity (Wildman–Crippen MR) is 127 cm³/mol. The second-order valence-corrected chi connectivity index (χ2v) is 10.5. The Bertz CT molecular complexity index is 1100. The largest absolute Gasteiger partial charge is 0.313 e. The summed E-state index contributed by atoms with van der Waals surface area (Å²) >= 11 is 0. The average Bonchev–Trinajstić information content (AvgIpc) is 2.82. The average molecular weight is 427 g/mol. The quantitative estimate of drug-likeness (QED) is 0.295. The maximum absolute atomic E-state index is 15.0. The molecule has 1 unspecified atom stereocenters. The molecule has 0 amide bonds. The van der Waals surface area contributed by atoms with Gasteiger partial charge in [0, 0.05) is 10.6 Å². The Morgan fingerprint density at radius 3 is 1.65 bits per heavy atom. The lowest BCUT2D eigenvalue weighted by molar-refractivity contribution is -0.114. The SMILES string of the molecule is Cc1ccc(C(N(O)Cc2ccccc2)P(=O)(c2ccccc2)c2ccccc2)cc1. The first-order valence-corrected chi connectivity index (χ1v) is 12.1. The molecule has 31 heavy (non-hydrogen) atoms. The minimum Gasteiger partial charge on any atom is -0.313 e. The molecule has 0 saturated heterocycles. The van der Waals surface area contributed by atoms with Crippen LogP contribution in [0.2, 0.25) is 0 Å². The van der Waals surface area contributed by atoms with Crippen molar-refractivity contribution in [2.45, 2.75) is 19.3 Å². The highest BCUT2D eigenvalue weighted by Gasteiger charge is 2.41. The van der Waals surface area contributed by atoms with Gasteiger partial charge < -0.3 is 9.77 Å². The lowest BCUT2D eigenvalue weighted by Gasteiger charge is -2.34. The van der Waals surface area contributed by atoms with Gasteiger partial charge in [-0.15, -0.1) is 0 Å². The van der Waals surface area contributed by atoms with Crippen LogP contribution in [0.4, 0.5) is 0 Å². The van der Waals surface area contributed by atoms with Gasteiger partial charge in [0.1, 0.15) is 5.78 Å². The molecular formula is C27H26NO2P. The summed E-state index contributed by atoms with van der Waals surface area (Å²) in [5, 5.41) is 14.1. The van der Waals surface area contributed by atoms with E-state index in [0.717, 1.165) is 27.3 Å². The van der Waals surface area contributed by atoms with Gasteiger partial charge in [0.25, 0.3) is 0 Å². The van der Waals surface area contributed by atoms with Crippen LogP contribution in [-0.2, 0) is 11.1 Å². The molecule has 4 aromatic rings. The Kier molecular flexibility index (Phi) is 6.48. The zero-order chi connectivity index (χ0) is 21.7. The van der Waals surface area contributed by atoms with Crippen LogP contribution >= 0.6 is 7.14 Å². The summed E-state index contributed by atoms with van der Waals surface area (Å²) in [5.74, 6) is -0.724. The molecule has 0 radical (unpaired) electrons. The van der Waals surface area contributed by atoms with Crippen LogP contribution in [0.3, 0.4) is 0 Å². The van der Waals surface area contributed by atoms with E-state index < -0.39 is 12.9 Å². The standard InChI is InChI=1S/C27H26NO2P/c1-22-17-19-24(20-18-22)27(28(29)21-23-11-5-2-6-12-23)31(30,25-13-7-3-8-14-25)26-15-9-4-10-16-26/h2-20,27,29H,21H2,1H3. The van der Waals surface area contributed by atoms with E-state index in [1.807, 2.05) is 122 Å². The van der Waals surface area contributed by atoms with Gasteiger partial charge in [0.15, 0.2) is 7.14 Å². The van der Waals surface area contributed by atoms with Crippen molar-refractivity contribution in [3.8, 4) is 0 Å². The van der Waals surface area contributed by atoms with E-state index in [2.05, 4.69) is 0 Å². The van der Waals surface area contributed by atoms with Gasteiger partial charge in [0.2, 0.25) is 0 Å². The minimum atomic E-state index is -3.29. The summed E-state index contributed by atoms with van der Waals surface area (Å²) in [6, 6.07) is 36.7. The molecule has 4 heteroatoms. The van der Waals surface area contributed by atoms with Gasteiger partial charge in [-0.3, -0.25) is 0 Å². The highest BCUT2D eigenvalue weighted by atomic mass is 31.2. The molecule has 0 heterocycles. The fourth-order valence-corrected chi connectivity index (χ4v) is 7.04. The number of hydroxylamine groups is 2. The summed E-state index contributed by atoms with van der Waals surface area (Å²) in [7, 11) is -3.29. The summed E-state index contributed by atoms with van der Waals surface area (Å²) < 4.78 is 15.0. The minimum absolute atomic E-state index is 0.267. The lowest BCUT2D eigenvalue weighted by atomic mass is 10.1. The highest BCUT2D eigenvalue weighted by molar-refractivity contribution is 7.78. The van der Waals surface area contributed by atoms with Gasteiger partial charge in [0.05, 0.1) is 6.54 Å². The molecule has 4 rings (SSSR count). The Morgan fingerprint density at radius 2 is 1.16 bits per heavy atom. The van der Waals surface area contributed by atoms with Gasteiger partial charge in [-0.25, -0.2) is 0 Å². The smallest absolute Gasteiger partial charge is 0.166 e. The van der Waals surface area contributed by atoms with Crippen molar-refractivity contribution in [1.29, 1.82) is 0 Å². The van der Waals surface area contributed by atoms with Crippen LogP contribution in [0, 0.1) is 6.92 Å². The predicted octanol–water partition coefficient (Wildman–Crippen LogP) is 5.90. The highest BCUT2D eigenvalue weighted by Crippen LogP contribution is 2.58. The van der Waals surface area contributed by atoms with E-state index in [0.29, 0.717) is 0 Å². The van der Waals surface area contributed by atoms with E-state index in [4.69, 9.17) is 0 Å². The molecule has 0 aliphatic heterocycles. The third-order valence-corrected chi connectivity index (χ3v) is 8.85. The summed E-state index contributed by atoms with van der Waals surface area (Å²) in [5.41, 5.74) is 2.89. The van der Waals surface area contributed by atoms with Crippen molar-refractivity contribution in [1.82, 2.24) is 5.06 Å². The van der Waals surface area contributed by atoms with Crippen molar-refractivity contribution >= 4 is 17.8 Å². The van der Waals surface area contributed by atoms with Crippen molar-refractivity contribution in [2.75, 3.05) is 0 Å². The first-order valence-electron chi connectivity index (χ1n) is 10.4. The van der Waals surface area contributed by atoms with E-state index in [-0.39, 0.29) is 6.54 Å². The second kappa shape index (κ2) is 9.45.